The second kappa shape index (κ2) is 9.13. The van der Waals surface area contributed by atoms with Crippen molar-refractivity contribution in [3.63, 3.8) is 0 Å². The van der Waals surface area contributed by atoms with Gasteiger partial charge < -0.3 is 10.1 Å². The molecule has 1 unspecified atom stereocenters. The minimum atomic E-state index is -0.794. The predicted molar refractivity (Wildman–Crippen MR) is 109 cm³/mol. The normalized spacial score (nSPS) is 11.6. The molecule has 154 valence electrons. The number of rotatable bonds is 7. The molecule has 0 bridgehead atoms. The number of ether oxygens (including phenoxy) is 1. The van der Waals surface area contributed by atoms with Crippen LogP contribution in [0, 0.1) is 22.9 Å². The van der Waals surface area contributed by atoms with Crippen LogP contribution < -0.4 is 10.1 Å². The number of carbonyl (C=O) groups excluding carboxylic acids is 1. The molecular formula is C22H20FN3O4. The van der Waals surface area contributed by atoms with Gasteiger partial charge in [0, 0.05) is 29.6 Å². The van der Waals surface area contributed by atoms with E-state index in [1.54, 1.807) is 31.5 Å². The molecule has 0 aliphatic heterocycles. The Morgan fingerprint density at radius 1 is 1.27 bits per heavy atom. The van der Waals surface area contributed by atoms with Gasteiger partial charge in [-0.2, -0.15) is 0 Å². The van der Waals surface area contributed by atoms with E-state index in [9.17, 15) is 19.3 Å². The fourth-order valence-electron chi connectivity index (χ4n) is 2.85. The molecule has 1 N–H and O–H groups in total. The van der Waals surface area contributed by atoms with Gasteiger partial charge in [0.1, 0.15) is 18.2 Å². The van der Waals surface area contributed by atoms with Crippen LogP contribution in [0.15, 0.2) is 60.9 Å². The van der Waals surface area contributed by atoms with Gasteiger partial charge in [0.05, 0.1) is 16.5 Å². The Labute approximate surface area is 172 Å². The molecule has 1 amide bonds. The van der Waals surface area contributed by atoms with Gasteiger partial charge in [-0.3, -0.25) is 19.9 Å². The van der Waals surface area contributed by atoms with Crippen LogP contribution in [0.4, 0.5) is 10.1 Å². The summed E-state index contributed by atoms with van der Waals surface area (Å²) in [7, 11) is 0. The number of nitrogens with zero attached hydrogens (tertiary/aromatic N) is 2. The van der Waals surface area contributed by atoms with Crippen LogP contribution >= 0.6 is 0 Å². The number of halogens is 1. The molecule has 1 aromatic heterocycles. The highest BCUT2D eigenvalue weighted by Crippen LogP contribution is 2.24. The smallest absolute Gasteiger partial charge is 0.276 e. The highest BCUT2D eigenvalue weighted by Gasteiger charge is 2.20. The Hall–Kier alpha value is -3.81. The van der Waals surface area contributed by atoms with Crippen LogP contribution in [0.1, 0.15) is 40.0 Å². The first kappa shape index (κ1) is 20.9. The van der Waals surface area contributed by atoms with Crippen molar-refractivity contribution in [1.82, 2.24) is 10.3 Å². The lowest BCUT2D eigenvalue weighted by atomic mass is 10.1. The summed E-state index contributed by atoms with van der Waals surface area (Å²) in [6.45, 7) is 3.45. The van der Waals surface area contributed by atoms with Crippen LogP contribution in [-0.2, 0) is 6.61 Å². The molecule has 30 heavy (non-hydrogen) atoms. The lowest BCUT2D eigenvalue weighted by Gasteiger charge is -2.15. The van der Waals surface area contributed by atoms with Gasteiger partial charge in [0.25, 0.3) is 11.6 Å². The van der Waals surface area contributed by atoms with Crippen LogP contribution in [0.3, 0.4) is 0 Å². The third kappa shape index (κ3) is 4.96. The van der Waals surface area contributed by atoms with E-state index in [-0.39, 0.29) is 11.1 Å². The third-order valence-corrected chi connectivity index (χ3v) is 4.63. The molecule has 3 rings (SSSR count). The number of nitro groups is 1. The lowest BCUT2D eigenvalue weighted by molar-refractivity contribution is -0.385. The van der Waals surface area contributed by atoms with Crippen LogP contribution in [0.2, 0.25) is 0 Å². The summed E-state index contributed by atoms with van der Waals surface area (Å²) in [5, 5.41) is 13.8. The fraction of sp³-hybridized carbons (Fsp3) is 0.182. The van der Waals surface area contributed by atoms with Crippen LogP contribution in [0.25, 0.3) is 0 Å². The topological polar surface area (TPSA) is 94.4 Å². The van der Waals surface area contributed by atoms with E-state index in [0.717, 1.165) is 23.3 Å². The minimum Gasteiger partial charge on any atom is -0.489 e. The first-order valence-corrected chi connectivity index (χ1v) is 9.22. The zero-order chi connectivity index (χ0) is 21.7. The van der Waals surface area contributed by atoms with E-state index in [0.29, 0.717) is 12.4 Å². The van der Waals surface area contributed by atoms with Gasteiger partial charge in [-0.15, -0.1) is 0 Å². The quantitative estimate of drug-likeness (QED) is 0.458. The fourth-order valence-corrected chi connectivity index (χ4v) is 2.85. The molecule has 0 aliphatic carbocycles. The first-order valence-electron chi connectivity index (χ1n) is 9.22. The maximum absolute atomic E-state index is 14.0. The van der Waals surface area contributed by atoms with E-state index in [1.807, 2.05) is 24.3 Å². The highest BCUT2D eigenvalue weighted by atomic mass is 19.1. The maximum Gasteiger partial charge on any atom is 0.276 e. The van der Waals surface area contributed by atoms with E-state index in [2.05, 4.69) is 10.3 Å². The third-order valence-electron chi connectivity index (χ3n) is 4.63. The van der Waals surface area contributed by atoms with Crippen molar-refractivity contribution in [2.45, 2.75) is 26.5 Å². The molecule has 1 atom stereocenters. The maximum atomic E-state index is 14.0. The average Bonchev–Trinajstić information content (AvgIpc) is 2.74. The molecule has 0 saturated heterocycles. The van der Waals surface area contributed by atoms with E-state index in [1.165, 1.54) is 6.92 Å². The number of benzene rings is 2. The summed E-state index contributed by atoms with van der Waals surface area (Å²) in [5.41, 5.74) is 1.11. The molecule has 0 spiro atoms. The molecule has 0 radical (unpaired) electrons. The zero-order valence-electron chi connectivity index (χ0n) is 16.5. The largest absolute Gasteiger partial charge is 0.489 e. The zero-order valence-corrected chi connectivity index (χ0v) is 16.5. The number of aromatic nitrogens is 1. The number of amides is 1. The van der Waals surface area contributed by atoms with Gasteiger partial charge in [0.2, 0.25) is 0 Å². The van der Waals surface area contributed by atoms with E-state index in [4.69, 9.17) is 4.74 Å². The predicted octanol–water partition coefficient (Wildman–Crippen LogP) is 4.51. The van der Waals surface area contributed by atoms with Crippen molar-refractivity contribution in [3.8, 4) is 5.75 Å². The molecule has 8 heteroatoms. The summed E-state index contributed by atoms with van der Waals surface area (Å²) in [5.74, 6) is -0.726. The number of carbonyl (C=O) groups is 1. The molecule has 0 saturated carbocycles. The Morgan fingerprint density at radius 3 is 2.63 bits per heavy atom. The summed E-state index contributed by atoms with van der Waals surface area (Å²) < 4.78 is 19.7. The van der Waals surface area contributed by atoms with Crippen molar-refractivity contribution in [1.29, 1.82) is 0 Å². The molecule has 2 aromatic carbocycles. The Kier molecular flexibility index (Phi) is 6.36. The Bertz CT molecular complexity index is 1060. The van der Waals surface area contributed by atoms with Crippen molar-refractivity contribution in [3.05, 3.63) is 99.1 Å². The number of hydrogen-bond donors (Lipinski definition) is 1. The van der Waals surface area contributed by atoms with Crippen molar-refractivity contribution in [2.24, 2.45) is 0 Å². The molecule has 0 fully saturated rings. The Morgan fingerprint density at radius 2 is 2.00 bits per heavy atom. The van der Waals surface area contributed by atoms with E-state index < -0.39 is 28.4 Å². The minimum absolute atomic E-state index is 0.104. The number of pyridine rings is 1. The average molecular weight is 409 g/mol. The van der Waals surface area contributed by atoms with Gasteiger partial charge in [-0.25, -0.2) is 4.39 Å². The monoisotopic (exact) mass is 409 g/mol. The SMILES string of the molecule is Cc1c(F)cc(C(=O)NC(C)c2ccc(OCc3cccnc3)cc2)cc1[N+](=O)[O-]. The van der Waals surface area contributed by atoms with Crippen molar-refractivity contribution < 1.29 is 18.8 Å². The van der Waals surface area contributed by atoms with Crippen LogP contribution in [-0.4, -0.2) is 15.8 Å². The molecule has 0 aliphatic rings. The summed E-state index contributed by atoms with van der Waals surface area (Å²) in [6, 6.07) is 12.6. The summed E-state index contributed by atoms with van der Waals surface area (Å²) >= 11 is 0. The molecule has 3 aromatic rings. The van der Waals surface area contributed by atoms with Gasteiger partial charge in [0.15, 0.2) is 0 Å². The number of nitro benzene ring substituents is 1. The first-order chi connectivity index (χ1) is 14.3. The lowest BCUT2D eigenvalue weighted by Crippen LogP contribution is -2.26. The molecule has 1 heterocycles. The highest BCUT2D eigenvalue weighted by molar-refractivity contribution is 5.95. The van der Waals surface area contributed by atoms with Crippen LogP contribution in [0.5, 0.6) is 5.75 Å². The Balaban J connectivity index is 1.65. The summed E-state index contributed by atoms with van der Waals surface area (Å²) in [6.07, 6.45) is 3.42. The number of nitrogens with one attached hydrogen (secondary N) is 1. The van der Waals surface area contributed by atoms with Gasteiger partial charge in [-0.05, 0) is 43.7 Å². The van der Waals surface area contributed by atoms with Crippen molar-refractivity contribution in [2.75, 3.05) is 0 Å². The number of hydrogen-bond acceptors (Lipinski definition) is 5. The van der Waals surface area contributed by atoms with Gasteiger partial charge in [-0.1, -0.05) is 18.2 Å². The summed E-state index contributed by atoms with van der Waals surface area (Å²) in [4.78, 5) is 26.8. The molecule has 7 nitrogen and oxygen atoms in total. The standard InChI is InChI=1S/C22H20FN3O4/c1-14-20(23)10-18(11-21(14)26(28)29)22(27)25-15(2)17-5-7-19(8-6-17)30-13-16-4-3-9-24-12-16/h3-12,15H,13H2,1-2H3,(H,25,27). The molecular weight excluding hydrogens is 389 g/mol. The second-order valence-electron chi connectivity index (χ2n) is 6.77. The van der Waals surface area contributed by atoms with E-state index >= 15 is 0 Å². The second-order valence-corrected chi connectivity index (χ2v) is 6.77. The van der Waals surface area contributed by atoms with Gasteiger partial charge >= 0.3 is 0 Å². The van der Waals surface area contributed by atoms with Crippen molar-refractivity contribution >= 4 is 11.6 Å².